The molecule has 1 aromatic heterocycles. The van der Waals surface area contributed by atoms with Gasteiger partial charge in [0.15, 0.2) is 0 Å². The first kappa shape index (κ1) is 21.4. The number of hydrogen-bond acceptors (Lipinski definition) is 3. The van der Waals surface area contributed by atoms with Gasteiger partial charge < -0.3 is 9.64 Å². The molecule has 32 heavy (non-hydrogen) atoms. The molecule has 4 rings (SSSR count). The van der Waals surface area contributed by atoms with Gasteiger partial charge in [-0.15, -0.1) is 13.2 Å². The van der Waals surface area contributed by atoms with E-state index in [1.54, 1.807) is 13.2 Å². The number of alkyl halides is 3. The molecule has 0 aliphatic rings. The number of carbonyl (C=O) groups excluding carboxylic acids is 1. The lowest BCUT2D eigenvalue weighted by atomic mass is 10.0. The molecule has 0 atom stereocenters. The lowest BCUT2D eigenvalue weighted by molar-refractivity contribution is -0.274. The lowest BCUT2D eigenvalue weighted by Crippen LogP contribution is -2.26. The van der Waals surface area contributed by atoms with Crippen molar-refractivity contribution < 1.29 is 27.1 Å². The molecule has 0 aliphatic carbocycles. The summed E-state index contributed by atoms with van der Waals surface area (Å²) in [7, 11) is 1.54. The fourth-order valence-electron chi connectivity index (χ4n) is 3.47. The fourth-order valence-corrected chi connectivity index (χ4v) is 3.47. The normalized spacial score (nSPS) is 11.5. The minimum absolute atomic E-state index is 0.00342. The number of nitrogens with one attached hydrogen (secondary N) is 1. The molecule has 9 heteroatoms. The van der Waals surface area contributed by atoms with Crippen LogP contribution in [-0.2, 0) is 6.54 Å². The maximum atomic E-state index is 13.6. The Balaban J connectivity index is 1.66. The summed E-state index contributed by atoms with van der Waals surface area (Å²) in [5, 5.41) is 7.74. The van der Waals surface area contributed by atoms with Crippen molar-refractivity contribution in [3.8, 4) is 16.9 Å². The van der Waals surface area contributed by atoms with E-state index in [9.17, 15) is 22.4 Å². The zero-order valence-corrected chi connectivity index (χ0v) is 16.8. The van der Waals surface area contributed by atoms with Gasteiger partial charge in [0.1, 0.15) is 11.6 Å². The van der Waals surface area contributed by atoms with Crippen molar-refractivity contribution in [2.45, 2.75) is 12.9 Å². The van der Waals surface area contributed by atoms with Crippen molar-refractivity contribution in [1.29, 1.82) is 0 Å². The molecule has 0 bridgehead atoms. The van der Waals surface area contributed by atoms with Crippen LogP contribution < -0.4 is 4.74 Å². The zero-order chi connectivity index (χ0) is 22.9. The summed E-state index contributed by atoms with van der Waals surface area (Å²) in [5.41, 5.74) is 1.79. The van der Waals surface area contributed by atoms with Crippen molar-refractivity contribution in [2.75, 3.05) is 7.05 Å². The topological polar surface area (TPSA) is 58.2 Å². The summed E-state index contributed by atoms with van der Waals surface area (Å²) in [5.74, 6) is -1.69. The Morgan fingerprint density at radius 3 is 2.62 bits per heavy atom. The lowest BCUT2D eigenvalue weighted by Gasteiger charge is -2.19. The molecular formula is C23H17F4N3O2. The first-order chi connectivity index (χ1) is 15.2. The van der Waals surface area contributed by atoms with E-state index in [1.807, 2.05) is 18.2 Å². The van der Waals surface area contributed by atoms with Gasteiger partial charge in [-0.1, -0.05) is 30.3 Å². The summed E-state index contributed by atoms with van der Waals surface area (Å²) in [6, 6.07) is 14.4. The van der Waals surface area contributed by atoms with Crippen molar-refractivity contribution in [2.24, 2.45) is 0 Å². The van der Waals surface area contributed by atoms with Crippen LogP contribution in [0.15, 0.2) is 66.9 Å². The Morgan fingerprint density at radius 1 is 1.09 bits per heavy atom. The van der Waals surface area contributed by atoms with Crippen molar-refractivity contribution >= 4 is 16.8 Å². The van der Waals surface area contributed by atoms with Crippen molar-refractivity contribution in [3.05, 3.63) is 83.8 Å². The van der Waals surface area contributed by atoms with Gasteiger partial charge in [0, 0.05) is 30.1 Å². The fraction of sp³-hybridized carbons (Fsp3) is 0.130. The van der Waals surface area contributed by atoms with E-state index in [2.05, 4.69) is 14.9 Å². The molecule has 0 unspecified atom stereocenters. The Kier molecular flexibility index (Phi) is 5.56. The van der Waals surface area contributed by atoms with E-state index >= 15 is 0 Å². The highest BCUT2D eigenvalue weighted by molar-refractivity contribution is 5.95. The van der Waals surface area contributed by atoms with E-state index in [-0.39, 0.29) is 23.2 Å². The second kappa shape index (κ2) is 8.33. The highest BCUT2D eigenvalue weighted by Crippen LogP contribution is 2.35. The summed E-state index contributed by atoms with van der Waals surface area (Å²) >= 11 is 0. The largest absolute Gasteiger partial charge is 0.573 e. The Bertz CT molecular complexity index is 1280. The molecule has 1 heterocycles. The van der Waals surface area contributed by atoms with E-state index < -0.39 is 23.8 Å². The summed E-state index contributed by atoms with van der Waals surface area (Å²) in [6.45, 7) is 0.208. The molecule has 0 saturated carbocycles. The number of nitrogens with zero attached hydrogens (tertiary/aromatic N) is 2. The van der Waals surface area contributed by atoms with Crippen molar-refractivity contribution in [3.63, 3.8) is 0 Å². The van der Waals surface area contributed by atoms with Gasteiger partial charge in [0.25, 0.3) is 5.91 Å². The predicted octanol–water partition coefficient (Wildman–Crippen LogP) is 5.54. The molecule has 0 saturated heterocycles. The first-order valence-corrected chi connectivity index (χ1v) is 9.53. The van der Waals surface area contributed by atoms with Crippen molar-refractivity contribution in [1.82, 2.24) is 15.1 Å². The van der Waals surface area contributed by atoms with Crippen LogP contribution in [0.3, 0.4) is 0 Å². The number of aromatic nitrogens is 2. The van der Waals surface area contributed by atoms with Gasteiger partial charge in [-0.3, -0.25) is 9.89 Å². The standard InChI is InChI=1S/C23H17F4N3O2/c1-30(13-17-6-2-5-16-12-28-29-21(16)17)22(31)15-8-9-19(14-4-3-7-18(24)10-14)20(11-15)32-23(25,26)27/h2-12H,13H2,1H3,(H,28,29). The van der Waals surface area contributed by atoms with Crippen LogP contribution in [0.5, 0.6) is 5.75 Å². The third kappa shape index (κ3) is 4.56. The molecule has 0 aliphatic heterocycles. The number of aromatic amines is 1. The number of H-pyrrole nitrogens is 1. The molecule has 0 spiro atoms. The maximum Gasteiger partial charge on any atom is 0.573 e. The number of halogens is 4. The third-order valence-electron chi connectivity index (χ3n) is 4.91. The second-order valence-electron chi connectivity index (χ2n) is 7.18. The van der Waals surface area contributed by atoms with Gasteiger partial charge in [-0.05, 0) is 41.5 Å². The van der Waals surface area contributed by atoms with Gasteiger partial charge >= 0.3 is 6.36 Å². The Labute approximate surface area is 180 Å². The molecule has 0 fully saturated rings. The zero-order valence-electron chi connectivity index (χ0n) is 16.8. The van der Waals surface area contributed by atoms with Gasteiger partial charge in [0.05, 0.1) is 11.7 Å². The number of benzene rings is 3. The highest BCUT2D eigenvalue weighted by Gasteiger charge is 2.33. The third-order valence-corrected chi connectivity index (χ3v) is 4.91. The monoisotopic (exact) mass is 443 g/mol. The summed E-state index contributed by atoms with van der Waals surface area (Å²) < 4.78 is 56.8. The molecular weight excluding hydrogens is 426 g/mol. The van der Waals surface area contributed by atoms with Crippen LogP contribution in [0.1, 0.15) is 15.9 Å². The molecule has 4 aromatic rings. The maximum absolute atomic E-state index is 13.6. The van der Waals surface area contributed by atoms with Crippen LogP contribution in [0.4, 0.5) is 17.6 Å². The number of rotatable bonds is 5. The molecule has 1 amide bonds. The summed E-state index contributed by atoms with van der Waals surface area (Å²) in [6.07, 6.45) is -3.32. The SMILES string of the molecule is CN(Cc1cccc2cn[nH]c12)C(=O)c1ccc(-c2cccc(F)c2)c(OC(F)(F)F)c1. The van der Waals surface area contributed by atoms with E-state index in [0.717, 1.165) is 28.6 Å². The number of amides is 1. The number of hydrogen-bond donors (Lipinski definition) is 1. The molecule has 164 valence electrons. The Morgan fingerprint density at radius 2 is 1.88 bits per heavy atom. The highest BCUT2D eigenvalue weighted by atomic mass is 19.4. The number of para-hydroxylation sites is 1. The smallest absolute Gasteiger partial charge is 0.405 e. The van der Waals surface area contributed by atoms with Crippen LogP contribution in [-0.4, -0.2) is 34.4 Å². The predicted molar refractivity (Wildman–Crippen MR) is 110 cm³/mol. The van der Waals surface area contributed by atoms with E-state index in [4.69, 9.17) is 0 Å². The molecule has 5 nitrogen and oxygen atoms in total. The summed E-state index contributed by atoms with van der Waals surface area (Å²) in [4.78, 5) is 14.3. The number of ether oxygens (including phenoxy) is 1. The van der Waals surface area contributed by atoms with Gasteiger partial charge in [0.2, 0.25) is 0 Å². The van der Waals surface area contributed by atoms with Crippen LogP contribution in [0, 0.1) is 5.82 Å². The number of fused-ring (bicyclic) bond motifs is 1. The molecule has 1 N–H and O–H groups in total. The van der Waals surface area contributed by atoms with E-state index in [1.165, 1.54) is 35.2 Å². The minimum atomic E-state index is -4.98. The molecule has 3 aromatic carbocycles. The second-order valence-corrected chi connectivity index (χ2v) is 7.18. The van der Waals surface area contributed by atoms with E-state index in [0.29, 0.717) is 0 Å². The van der Waals surface area contributed by atoms with Crippen LogP contribution >= 0.6 is 0 Å². The van der Waals surface area contributed by atoms with Gasteiger partial charge in [-0.2, -0.15) is 5.10 Å². The average molecular weight is 443 g/mol. The van der Waals surface area contributed by atoms with Crippen LogP contribution in [0.25, 0.3) is 22.0 Å². The molecule has 0 radical (unpaired) electrons. The first-order valence-electron chi connectivity index (χ1n) is 9.53. The van der Waals surface area contributed by atoms with Crippen LogP contribution in [0.2, 0.25) is 0 Å². The quantitative estimate of drug-likeness (QED) is 0.412. The Hall–Kier alpha value is -3.88. The average Bonchev–Trinajstić information content (AvgIpc) is 3.22. The number of carbonyl (C=O) groups is 1. The van der Waals surface area contributed by atoms with Gasteiger partial charge in [-0.25, -0.2) is 4.39 Å². The minimum Gasteiger partial charge on any atom is -0.405 e.